The molecule has 0 aromatic rings. The third-order valence-corrected chi connectivity index (χ3v) is 0.809. The van der Waals surface area contributed by atoms with E-state index in [1.54, 1.807) is 0 Å². The minimum atomic E-state index is 0. The van der Waals surface area contributed by atoms with Gasteiger partial charge < -0.3 is 16.8 Å². The molecule has 0 amide bonds. The fourth-order valence-corrected chi connectivity index (χ4v) is 0.408. The third-order valence-electron chi connectivity index (χ3n) is 0.809. The molecular weight excluding hydrogens is 102 g/mol. The van der Waals surface area contributed by atoms with E-state index in [0.29, 0.717) is 0 Å². The van der Waals surface area contributed by atoms with Gasteiger partial charge in [0.2, 0.25) is 0 Å². The number of hydrogen-bond donors (Lipinski definition) is 2. The Morgan fingerprint density at radius 1 is 1.38 bits per heavy atom. The van der Waals surface area contributed by atoms with Crippen molar-refractivity contribution in [1.82, 2.24) is 11.1 Å². The van der Waals surface area contributed by atoms with Crippen LogP contribution in [-0.2, 0) is 0 Å². The van der Waals surface area contributed by atoms with Gasteiger partial charge in [-0.25, -0.2) is 0 Å². The van der Waals surface area contributed by atoms with Crippen LogP contribution >= 0.6 is 0 Å². The summed E-state index contributed by atoms with van der Waals surface area (Å²) >= 11 is 0. The first-order valence-electron chi connectivity index (χ1n) is 2.62. The van der Waals surface area contributed by atoms with Crippen LogP contribution in [0.15, 0.2) is 0 Å². The summed E-state index contributed by atoms with van der Waals surface area (Å²) in [5.41, 5.74) is 5.25. The van der Waals surface area contributed by atoms with E-state index in [0.717, 1.165) is 19.5 Å². The molecule has 8 heavy (non-hydrogen) atoms. The normalized spacial score (nSPS) is 9.00. The summed E-state index contributed by atoms with van der Waals surface area (Å²) in [6.07, 6.45) is 1.10. The Morgan fingerprint density at radius 2 is 1.88 bits per heavy atom. The van der Waals surface area contributed by atoms with Crippen LogP contribution in [0, 0.1) is 0 Å². The third kappa shape index (κ3) is 9.30. The lowest BCUT2D eigenvalue weighted by Crippen LogP contribution is -2.16. The highest BCUT2D eigenvalue weighted by Crippen LogP contribution is 1.76. The van der Waals surface area contributed by atoms with Crippen LogP contribution in [0.1, 0.15) is 6.42 Å². The predicted octanol–water partition coefficient (Wildman–Crippen LogP) is 0.0588. The lowest BCUT2D eigenvalue weighted by atomic mass is 10.4. The van der Waals surface area contributed by atoms with E-state index in [1.165, 1.54) is 0 Å². The average molecular weight is 119 g/mol. The van der Waals surface area contributed by atoms with Crippen LogP contribution in [0.3, 0.4) is 0 Å². The van der Waals surface area contributed by atoms with Gasteiger partial charge in [0.1, 0.15) is 0 Å². The van der Waals surface area contributed by atoms with Crippen LogP contribution in [0.2, 0.25) is 0 Å². The van der Waals surface area contributed by atoms with Gasteiger partial charge in [-0.1, -0.05) is 0 Å². The first-order valence-corrected chi connectivity index (χ1v) is 2.62. The van der Waals surface area contributed by atoms with Crippen molar-refractivity contribution in [3.05, 3.63) is 0 Å². The van der Waals surface area contributed by atoms with E-state index < -0.39 is 0 Å². The molecule has 52 valence electrons. The smallest absolute Gasteiger partial charge is 0.00128 e. The Labute approximate surface area is 51.4 Å². The van der Waals surface area contributed by atoms with Gasteiger partial charge in [0.15, 0.2) is 0 Å². The Balaban J connectivity index is 0. The molecule has 0 bridgehead atoms. The van der Waals surface area contributed by atoms with E-state index in [1.807, 2.05) is 0 Å². The van der Waals surface area contributed by atoms with E-state index in [-0.39, 0.29) is 6.15 Å². The van der Waals surface area contributed by atoms with Crippen LogP contribution in [0.5, 0.6) is 0 Å². The fraction of sp³-hybridized carbons (Fsp3) is 1.00. The van der Waals surface area contributed by atoms with Crippen molar-refractivity contribution < 1.29 is 0 Å². The zero-order valence-electron chi connectivity index (χ0n) is 5.85. The summed E-state index contributed by atoms with van der Waals surface area (Å²) in [5.74, 6) is 0. The molecule has 0 saturated heterocycles. The second-order valence-electron chi connectivity index (χ2n) is 1.95. The summed E-state index contributed by atoms with van der Waals surface area (Å²) < 4.78 is 0. The minimum Gasteiger partial charge on any atom is -0.344 e. The molecule has 3 nitrogen and oxygen atoms in total. The lowest BCUT2D eigenvalue weighted by molar-refractivity contribution is 0.403. The van der Waals surface area contributed by atoms with Gasteiger partial charge in [-0.2, -0.15) is 0 Å². The van der Waals surface area contributed by atoms with Gasteiger partial charge in [0.25, 0.3) is 0 Å². The second kappa shape index (κ2) is 6.88. The quantitative estimate of drug-likeness (QED) is 0.552. The molecule has 0 fully saturated rings. The summed E-state index contributed by atoms with van der Waals surface area (Å²) in [4.78, 5) is 2.13. The van der Waals surface area contributed by atoms with E-state index in [2.05, 4.69) is 19.0 Å². The monoisotopic (exact) mass is 119 g/mol. The van der Waals surface area contributed by atoms with Crippen molar-refractivity contribution in [3.63, 3.8) is 0 Å². The molecule has 0 unspecified atom stereocenters. The molecule has 0 aromatic carbocycles. The molecule has 0 rings (SSSR count). The van der Waals surface area contributed by atoms with Crippen molar-refractivity contribution in [1.29, 1.82) is 0 Å². The van der Waals surface area contributed by atoms with Crippen molar-refractivity contribution in [2.75, 3.05) is 27.2 Å². The fourth-order valence-electron chi connectivity index (χ4n) is 0.408. The maximum atomic E-state index is 5.25. The predicted molar refractivity (Wildman–Crippen MR) is 37.2 cm³/mol. The summed E-state index contributed by atoms with van der Waals surface area (Å²) in [6.45, 7) is 1.91. The van der Waals surface area contributed by atoms with Gasteiger partial charge in [-0.15, -0.1) is 0 Å². The highest BCUT2D eigenvalue weighted by atomic mass is 15.0. The molecule has 5 N–H and O–H groups in total. The first kappa shape index (κ1) is 10.8. The molecule has 0 aliphatic carbocycles. The van der Waals surface area contributed by atoms with Gasteiger partial charge in [-0.05, 0) is 33.6 Å². The van der Waals surface area contributed by atoms with Gasteiger partial charge in [0.05, 0.1) is 0 Å². The number of nitrogens with two attached hydrogens (primary N) is 1. The van der Waals surface area contributed by atoms with Crippen molar-refractivity contribution in [3.8, 4) is 0 Å². The van der Waals surface area contributed by atoms with Gasteiger partial charge in [0, 0.05) is 0 Å². The zero-order valence-corrected chi connectivity index (χ0v) is 5.85. The van der Waals surface area contributed by atoms with E-state index >= 15 is 0 Å². The number of nitrogens with zero attached hydrogens (tertiary/aromatic N) is 1. The summed E-state index contributed by atoms with van der Waals surface area (Å²) in [5, 5.41) is 0. The standard InChI is InChI=1S/C5H14N2.H3N/c1-7(2)5-3-4-6;/h3-6H2,1-2H3;1H3. The van der Waals surface area contributed by atoms with E-state index in [4.69, 9.17) is 5.73 Å². The summed E-state index contributed by atoms with van der Waals surface area (Å²) in [6, 6.07) is 0. The lowest BCUT2D eigenvalue weighted by Gasteiger charge is -2.05. The molecule has 0 atom stereocenters. The maximum absolute atomic E-state index is 5.25. The van der Waals surface area contributed by atoms with Gasteiger partial charge >= 0.3 is 0 Å². The van der Waals surface area contributed by atoms with Crippen LogP contribution in [-0.4, -0.2) is 32.1 Å². The Hall–Kier alpha value is -0.120. The minimum absolute atomic E-state index is 0. The zero-order chi connectivity index (χ0) is 5.70. The Kier molecular flexibility index (Phi) is 9.28. The molecule has 0 heterocycles. The molecule has 0 aliphatic rings. The molecule has 0 saturated carbocycles. The highest BCUT2D eigenvalue weighted by Gasteiger charge is 1.83. The molecule has 3 heteroatoms. The average Bonchev–Trinajstić information content (AvgIpc) is 1.61. The second-order valence-corrected chi connectivity index (χ2v) is 1.95. The van der Waals surface area contributed by atoms with Crippen LogP contribution in [0.25, 0.3) is 0 Å². The van der Waals surface area contributed by atoms with Crippen LogP contribution in [0.4, 0.5) is 0 Å². The number of hydrogen-bond acceptors (Lipinski definition) is 3. The molecule has 0 spiro atoms. The maximum Gasteiger partial charge on any atom is -0.00128 e. The topological polar surface area (TPSA) is 64.3 Å². The van der Waals surface area contributed by atoms with Crippen molar-refractivity contribution in [2.45, 2.75) is 6.42 Å². The largest absolute Gasteiger partial charge is 0.344 e. The Morgan fingerprint density at radius 3 is 2.00 bits per heavy atom. The van der Waals surface area contributed by atoms with Crippen molar-refractivity contribution >= 4 is 0 Å². The van der Waals surface area contributed by atoms with Crippen molar-refractivity contribution in [2.24, 2.45) is 5.73 Å². The van der Waals surface area contributed by atoms with E-state index in [9.17, 15) is 0 Å². The Bertz CT molecular complexity index is 36.7. The highest BCUT2D eigenvalue weighted by molar-refractivity contribution is 4.42. The van der Waals surface area contributed by atoms with Gasteiger partial charge in [-0.3, -0.25) is 0 Å². The summed E-state index contributed by atoms with van der Waals surface area (Å²) in [7, 11) is 4.10. The SMILES string of the molecule is CN(C)CCCN.N. The number of rotatable bonds is 3. The first-order chi connectivity index (χ1) is 3.27. The molecule has 0 aliphatic heterocycles. The molecule has 0 aromatic heterocycles. The van der Waals surface area contributed by atoms with Crippen LogP contribution < -0.4 is 11.9 Å². The molecular formula is C5H17N3. The molecule has 0 radical (unpaired) electrons.